The van der Waals surface area contributed by atoms with Crippen LogP contribution in [0.25, 0.3) is 0 Å². The Kier molecular flexibility index (Phi) is 16.3. The van der Waals surface area contributed by atoms with Crippen LogP contribution in [0.2, 0.25) is 0 Å². The molecule has 0 amide bonds. The maximum absolute atomic E-state index is 11.0. The van der Waals surface area contributed by atoms with Gasteiger partial charge in [0, 0.05) is 6.42 Å². The molecule has 0 N–H and O–H groups in total. The predicted molar refractivity (Wildman–Crippen MR) is 112 cm³/mol. The third-order valence-electron chi connectivity index (χ3n) is 4.01. The molecule has 158 valence electrons. The molecule has 4 nitrogen and oxygen atoms in total. The van der Waals surface area contributed by atoms with Gasteiger partial charge in [-0.25, -0.2) is 9.78 Å². The zero-order valence-corrected chi connectivity index (χ0v) is 18.3. The summed E-state index contributed by atoms with van der Waals surface area (Å²) < 4.78 is 4.64. The second-order valence-electron chi connectivity index (χ2n) is 7.99. The molecule has 1 atom stereocenters. The highest BCUT2D eigenvalue weighted by atomic mass is 17.2. The number of hydrogen-bond acceptors (Lipinski definition) is 4. The molecule has 0 aromatic heterocycles. The van der Waals surface area contributed by atoms with E-state index in [1.54, 1.807) is 0 Å². The summed E-state index contributed by atoms with van der Waals surface area (Å²) in [5, 5.41) is 0. The normalized spacial score (nSPS) is 13.5. The minimum atomic E-state index is -0.313. The standard InChI is InChI=1S/C23H42O4/c1-6-7-8-12-15-18-21(26-27-23(2,3)4)19-16-13-10-9-11-14-17-20-22(24)25-5/h15-16,18-19,21H,6-14,17,20H2,1-5H3/b18-15-,19-16-. The molecule has 0 aliphatic carbocycles. The Bertz CT molecular complexity index is 407. The van der Waals surface area contributed by atoms with E-state index in [0.717, 1.165) is 38.5 Å². The Labute approximate surface area is 167 Å². The van der Waals surface area contributed by atoms with Crippen molar-refractivity contribution in [2.75, 3.05) is 7.11 Å². The van der Waals surface area contributed by atoms with Crippen molar-refractivity contribution in [3.63, 3.8) is 0 Å². The summed E-state index contributed by atoms with van der Waals surface area (Å²) in [6.45, 7) is 8.17. The summed E-state index contributed by atoms with van der Waals surface area (Å²) in [5.41, 5.74) is -0.313. The van der Waals surface area contributed by atoms with Crippen molar-refractivity contribution in [3.05, 3.63) is 24.3 Å². The van der Waals surface area contributed by atoms with Gasteiger partial charge < -0.3 is 4.74 Å². The van der Waals surface area contributed by atoms with Gasteiger partial charge in [-0.3, -0.25) is 4.79 Å². The van der Waals surface area contributed by atoms with Gasteiger partial charge in [0.05, 0.1) is 12.7 Å². The van der Waals surface area contributed by atoms with Crippen LogP contribution in [0.3, 0.4) is 0 Å². The van der Waals surface area contributed by atoms with E-state index >= 15 is 0 Å². The number of unbranched alkanes of at least 4 members (excludes halogenated alkanes) is 8. The molecule has 0 fully saturated rings. The van der Waals surface area contributed by atoms with Crippen LogP contribution in [0, 0.1) is 0 Å². The molecule has 0 saturated carbocycles. The maximum atomic E-state index is 11.0. The first kappa shape index (κ1) is 25.9. The summed E-state index contributed by atoms with van der Waals surface area (Å²) in [4.78, 5) is 22.1. The Balaban J connectivity index is 4.03. The number of carbonyl (C=O) groups is 1. The molecule has 1 unspecified atom stereocenters. The summed E-state index contributed by atoms with van der Waals surface area (Å²) >= 11 is 0. The predicted octanol–water partition coefficient (Wildman–Crippen LogP) is 6.70. The lowest BCUT2D eigenvalue weighted by Crippen LogP contribution is -2.22. The molecule has 0 heterocycles. The zero-order chi connectivity index (χ0) is 20.4. The van der Waals surface area contributed by atoms with Crippen molar-refractivity contribution in [2.45, 2.75) is 110 Å². The molecular formula is C23H42O4. The highest BCUT2D eigenvalue weighted by Crippen LogP contribution is 2.13. The van der Waals surface area contributed by atoms with Gasteiger partial charge in [-0.1, -0.05) is 63.3 Å². The molecule has 0 saturated heterocycles. The lowest BCUT2D eigenvalue weighted by molar-refractivity contribution is -0.357. The summed E-state index contributed by atoms with van der Waals surface area (Å²) in [5.74, 6) is -0.107. The summed E-state index contributed by atoms with van der Waals surface area (Å²) in [7, 11) is 1.44. The van der Waals surface area contributed by atoms with Crippen molar-refractivity contribution in [2.24, 2.45) is 0 Å². The van der Waals surface area contributed by atoms with Crippen LogP contribution in [0.15, 0.2) is 24.3 Å². The van der Waals surface area contributed by atoms with E-state index in [4.69, 9.17) is 9.78 Å². The van der Waals surface area contributed by atoms with E-state index in [2.05, 4.69) is 36.0 Å². The third kappa shape index (κ3) is 19.4. The van der Waals surface area contributed by atoms with Crippen molar-refractivity contribution in [1.82, 2.24) is 0 Å². The number of carbonyl (C=O) groups excluding carboxylic acids is 1. The minimum Gasteiger partial charge on any atom is -0.469 e. The molecule has 0 aliphatic rings. The topological polar surface area (TPSA) is 44.8 Å². The molecule has 0 aromatic carbocycles. The van der Waals surface area contributed by atoms with Gasteiger partial charge in [0.15, 0.2) is 0 Å². The number of allylic oxidation sites excluding steroid dienone is 2. The molecule has 4 heteroatoms. The number of rotatable bonds is 16. The first-order chi connectivity index (χ1) is 12.9. The van der Waals surface area contributed by atoms with Crippen molar-refractivity contribution < 1.29 is 19.3 Å². The van der Waals surface area contributed by atoms with Crippen molar-refractivity contribution in [3.8, 4) is 0 Å². The zero-order valence-electron chi connectivity index (χ0n) is 18.3. The lowest BCUT2D eigenvalue weighted by Gasteiger charge is -2.20. The van der Waals surface area contributed by atoms with Crippen LogP contribution in [0.5, 0.6) is 0 Å². The van der Waals surface area contributed by atoms with Gasteiger partial charge in [0.25, 0.3) is 0 Å². The average Bonchev–Trinajstić information content (AvgIpc) is 2.62. The fourth-order valence-electron chi connectivity index (χ4n) is 2.46. The molecule has 0 aromatic rings. The first-order valence-electron chi connectivity index (χ1n) is 10.6. The van der Waals surface area contributed by atoms with E-state index in [9.17, 15) is 4.79 Å². The van der Waals surface area contributed by atoms with Gasteiger partial charge in [0.2, 0.25) is 0 Å². The second-order valence-corrected chi connectivity index (χ2v) is 7.99. The largest absolute Gasteiger partial charge is 0.469 e. The Hall–Kier alpha value is -1.13. The molecule has 27 heavy (non-hydrogen) atoms. The van der Waals surface area contributed by atoms with Gasteiger partial charge in [-0.05, 0) is 52.9 Å². The number of ether oxygens (including phenoxy) is 1. The molecular weight excluding hydrogens is 340 g/mol. The lowest BCUT2D eigenvalue weighted by atomic mass is 10.1. The highest BCUT2D eigenvalue weighted by Gasteiger charge is 2.13. The van der Waals surface area contributed by atoms with E-state index in [1.165, 1.54) is 32.8 Å². The van der Waals surface area contributed by atoms with E-state index < -0.39 is 0 Å². The van der Waals surface area contributed by atoms with Crippen LogP contribution >= 0.6 is 0 Å². The van der Waals surface area contributed by atoms with E-state index in [1.807, 2.05) is 20.8 Å². The summed E-state index contributed by atoms with van der Waals surface area (Å²) in [6, 6.07) is 0. The van der Waals surface area contributed by atoms with Crippen LogP contribution in [0.1, 0.15) is 98.3 Å². The molecule has 0 spiro atoms. The van der Waals surface area contributed by atoms with Crippen LogP contribution < -0.4 is 0 Å². The second kappa shape index (κ2) is 17.0. The SMILES string of the molecule is CCCCC/C=C\C(/C=C\CCCCCCCC(=O)OC)OOC(C)(C)C. The van der Waals surface area contributed by atoms with Crippen LogP contribution in [0.4, 0.5) is 0 Å². The highest BCUT2D eigenvalue weighted by molar-refractivity contribution is 5.68. The third-order valence-corrected chi connectivity index (χ3v) is 4.01. The quantitative estimate of drug-likeness (QED) is 0.0979. The van der Waals surface area contributed by atoms with Gasteiger partial charge in [0.1, 0.15) is 6.10 Å². The van der Waals surface area contributed by atoms with Crippen molar-refractivity contribution in [1.29, 1.82) is 0 Å². The van der Waals surface area contributed by atoms with Crippen LogP contribution in [-0.4, -0.2) is 24.8 Å². The average molecular weight is 383 g/mol. The van der Waals surface area contributed by atoms with Gasteiger partial charge in [-0.2, -0.15) is 0 Å². The Morgan fingerprint density at radius 3 is 2.00 bits per heavy atom. The van der Waals surface area contributed by atoms with Crippen LogP contribution in [-0.2, 0) is 19.3 Å². The monoisotopic (exact) mass is 382 g/mol. The molecule has 0 bridgehead atoms. The van der Waals surface area contributed by atoms with Gasteiger partial charge >= 0.3 is 5.97 Å². The fourth-order valence-corrected chi connectivity index (χ4v) is 2.46. The Morgan fingerprint density at radius 2 is 1.44 bits per heavy atom. The molecule has 0 rings (SSSR count). The minimum absolute atomic E-state index is 0.107. The first-order valence-corrected chi connectivity index (χ1v) is 10.6. The van der Waals surface area contributed by atoms with Crippen molar-refractivity contribution >= 4 is 5.97 Å². The molecule has 0 radical (unpaired) electrons. The number of esters is 1. The Morgan fingerprint density at radius 1 is 0.889 bits per heavy atom. The number of methoxy groups -OCH3 is 1. The maximum Gasteiger partial charge on any atom is 0.305 e. The van der Waals surface area contributed by atoms with Gasteiger partial charge in [-0.15, -0.1) is 0 Å². The smallest absolute Gasteiger partial charge is 0.305 e. The van der Waals surface area contributed by atoms with E-state index in [0.29, 0.717) is 6.42 Å². The fraction of sp³-hybridized carbons (Fsp3) is 0.783. The molecule has 0 aliphatic heterocycles. The number of hydrogen-bond donors (Lipinski definition) is 0. The van der Waals surface area contributed by atoms with E-state index in [-0.39, 0.29) is 17.7 Å². The summed E-state index contributed by atoms with van der Waals surface area (Å²) in [6.07, 6.45) is 20.3.